The maximum Gasteiger partial charge on any atom is 0.260 e. The van der Waals surface area contributed by atoms with Gasteiger partial charge in [0.25, 0.3) is 5.91 Å². The summed E-state index contributed by atoms with van der Waals surface area (Å²) in [5.41, 5.74) is 1.74. The third-order valence-electron chi connectivity index (χ3n) is 3.78. The van der Waals surface area contributed by atoms with E-state index < -0.39 is 0 Å². The van der Waals surface area contributed by atoms with Gasteiger partial charge in [-0.2, -0.15) is 0 Å². The lowest BCUT2D eigenvalue weighted by atomic mass is 10.1. The number of ether oxygens (including phenoxy) is 1. The Hall–Kier alpha value is -2.14. The lowest BCUT2D eigenvalue weighted by molar-refractivity contribution is -0.134. The second-order valence-corrected chi connectivity index (χ2v) is 6.28. The first-order chi connectivity index (χ1) is 10.6. The van der Waals surface area contributed by atoms with Crippen molar-refractivity contribution in [2.45, 2.75) is 19.9 Å². The Morgan fingerprint density at radius 1 is 1.27 bits per heavy atom. The fourth-order valence-corrected chi connectivity index (χ4v) is 3.47. The Kier molecular flexibility index (Phi) is 4.24. The smallest absolute Gasteiger partial charge is 0.260 e. The van der Waals surface area contributed by atoms with Gasteiger partial charge < -0.3 is 9.64 Å². The van der Waals surface area contributed by atoms with Crippen LogP contribution in [0.25, 0.3) is 0 Å². The van der Waals surface area contributed by atoms with Crippen molar-refractivity contribution in [3.63, 3.8) is 0 Å². The molecule has 0 saturated heterocycles. The van der Waals surface area contributed by atoms with Gasteiger partial charge in [0.05, 0.1) is 5.56 Å². The maximum atomic E-state index is 12.3. The van der Waals surface area contributed by atoms with Gasteiger partial charge in [0.15, 0.2) is 12.4 Å². The van der Waals surface area contributed by atoms with Gasteiger partial charge in [-0.1, -0.05) is 12.1 Å². The number of carbonyl (C=O) groups is 2. The molecule has 0 spiro atoms. The largest absolute Gasteiger partial charge is 0.483 e. The number of Topliss-reactive ketones (excluding diaryl/α,β-unsaturated/α-hetero) is 1. The number of rotatable bonds is 4. The normalized spacial score (nSPS) is 13.6. The van der Waals surface area contributed by atoms with Crippen LogP contribution in [-0.2, 0) is 17.8 Å². The summed E-state index contributed by atoms with van der Waals surface area (Å²) in [6, 6.07) is 9.09. The molecule has 2 heterocycles. The molecule has 0 atom stereocenters. The molecule has 0 aliphatic carbocycles. The second-order valence-electron chi connectivity index (χ2n) is 5.28. The highest BCUT2D eigenvalue weighted by atomic mass is 32.1. The first kappa shape index (κ1) is 14.8. The van der Waals surface area contributed by atoms with Gasteiger partial charge in [-0.25, -0.2) is 0 Å². The summed E-state index contributed by atoms with van der Waals surface area (Å²) >= 11 is 1.75. The van der Waals surface area contributed by atoms with Gasteiger partial charge >= 0.3 is 0 Å². The van der Waals surface area contributed by atoms with Crippen LogP contribution in [0.3, 0.4) is 0 Å². The van der Waals surface area contributed by atoms with Crippen molar-refractivity contribution in [2.24, 2.45) is 0 Å². The second kappa shape index (κ2) is 6.32. The Morgan fingerprint density at radius 2 is 2.09 bits per heavy atom. The summed E-state index contributed by atoms with van der Waals surface area (Å²) in [4.78, 5) is 27.0. The van der Waals surface area contributed by atoms with Crippen molar-refractivity contribution in [1.29, 1.82) is 0 Å². The Morgan fingerprint density at radius 3 is 2.91 bits per heavy atom. The fourth-order valence-electron chi connectivity index (χ4n) is 2.58. The number of thiophene rings is 1. The van der Waals surface area contributed by atoms with Gasteiger partial charge in [-0.15, -0.1) is 11.3 Å². The quantitative estimate of drug-likeness (QED) is 0.815. The average molecular weight is 315 g/mol. The number of para-hydroxylation sites is 1. The molecule has 114 valence electrons. The van der Waals surface area contributed by atoms with Crippen LogP contribution in [0.2, 0.25) is 0 Å². The Labute approximate surface area is 133 Å². The molecule has 0 unspecified atom stereocenters. The lowest BCUT2D eigenvalue weighted by Gasteiger charge is -2.27. The van der Waals surface area contributed by atoms with Crippen molar-refractivity contribution in [3.05, 3.63) is 51.7 Å². The van der Waals surface area contributed by atoms with Crippen LogP contribution in [0.15, 0.2) is 35.7 Å². The van der Waals surface area contributed by atoms with E-state index in [-0.39, 0.29) is 18.3 Å². The molecule has 1 aromatic carbocycles. The number of benzene rings is 1. The van der Waals surface area contributed by atoms with E-state index in [9.17, 15) is 9.59 Å². The van der Waals surface area contributed by atoms with Crippen molar-refractivity contribution in [1.82, 2.24) is 4.90 Å². The summed E-state index contributed by atoms with van der Waals surface area (Å²) in [7, 11) is 0. The van der Waals surface area contributed by atoms with Crippen LogP contribution >= 0.6 is 11.3 Å². The molecule has 0 radical (unpaired) electrons. The molecule has 4 nitrogen and oxygen atoms in total. The van der Waals surface area contributed by atoms with E-state index >= 15 is 0 Å². The standard InChI is InChI=1S/C17H17NO3S/c1-12(19)14-4-2-3-5-15(14)21-11-17(20)18-8-6-16-13(10-18)7-9-22-16/h2-5,7,9H,6,8,10-11H2,1H3. The van der Waals surface area contributed by atoms with Gasteiger partial charge in [0, 0.05) is 18.0 Å². The zero-order valence-corrected chi connectivity index (χ0v) is 13.2. The van der Waals surface area contributed by atoms with E-state index in [4.69, 9.17) is 4.74 Å². The van der Waals surface area contributed by atoms with Crippen molar-refractivity contribution in [3.8, 4) is 5.75 Å². The minimum absolute atomic E-state index is 0.0379. The van der Waals surface area contributed by atoms with Crippen LogP contribution in [-0.4, -0.2) is 29.7 Å². The van der Waals surface area contributed by atoms with E-state index in [0.29, 0.717) is 17.9 Å². The average Bonchev–Trinajstić information content (AvgIpc) is 3.00. The first-order valence-corrected chi connectivity index (χ1v) is 8.09. The van der Waals surface area contributed by atoms with Crippen molar-refractivity contribution in [2.75, 3.05) is 13.2 Å². The van der Waals surface area contributed by atoms with Crippen LogP contribution in [0.1, 0.15) is 27.7 Å². The fraction of sp³-hybridized carbons (Fsp3) is 0.294. The third kappa shape index (κ3) is 3.04. The van der Waals surface area contributed by atoms with Crippen molar-refractivity contribution < 1.29 is 14.3 Å². The van der Waals surface area contributed by atoms with Crippen LogP contribution in [0.5, 0.6) is 5.75 Å². The number of carbonyl (C=O) groups excluding carboxylic acids is 2. The molecule has 22 heavy (non-hydrogen) atoms. The van der Waals surface area contributed by atoms with Gasteiger partial charge in [0.1, 0.15) is 5.75 Å². The highest BCUT2D eigenvalue weighted by molar-refractivity contribution is 7.10. The van der Waals surface area contributed by atoms with Crippen molar-refractivity contribution >= 4 is 23.0 Å². The van der Waals surface area contributed by atoms with Gasteiger partial charge in [0.2, 0.25) is 0 Å². The Bertz CT molecular complexity index is 707. The van der Waals surface area contributed by atoms with E-state index in [1.807, 2.05) is 4.90 Å². The molecule has 3 rings (SSSR count). The maximum absolute atomic E-state index is 12.3. The van der Waals surface area contributed by atoms with Crippen LogP contribution in [0, 0.1) is 0 Å². The molecule has 0 N–H and O–H groups in total. The molecule has 1 aliphatic rings. The molecule has 1 aliphatic heterocycles. The predicted octanol–water partition coefficient (Wildman–Crippen LogP) is 2.91. The number of nitrogens with zero attached hydrogens (tertiary/aromatic N) is 1. The summed E-state index contributed by atoms with van der Waals surface area (Å²) in [6.45, 7) is 2.83. The zero-order valence-electron chi connectivity index (χ0n) is 12.4. The molecular weight excluding hydrogens is 298 g/mol. The molecule has 0 bridgehead atoms. The van der Waals surface area contributed by atoms with E-state index in [2.05, 4.69) is 11.4 Å². The number of hydrogen-bond donors (Lipinski definition) is 0. The molecule has 2 aromatic rings. The topological polar surface area (TPSA) is 46.6 Å². The number of hydrogen-bond acceptors (Lipinski definition) is 4. The highest BCUT2D eigenvalue weighted by Gasteiger charge is 2.22. The SMILES string of the molecule is CC(=O)c1ccccc1OCC(=O)N1CCc2sccc2C1. The predicted molar refractivity (Wildman–Crippen MR) is 85.4 cm³/mol. The number of fused-ring (bicyclic) bond motifs is 1. The third-order valence-corrected chi connectivity index (χ3v) is 4.80. The van der Waals surface area contributed by atoms with E-state index in [1.54, 1.807) is 35.6 Å². The molecule has 5 heteroatoms. The minimum Gasteiger partial charge on any atom is -0.483 e. The number of ketones is 1. The molecule has 0 saturated carbocycles. The molecular formula is C17H17NO3S. The number of amides is 1. The van der Waals surface area contributed by atoms with E-state index in [1.165, 1.54) is 17.4 Å². The Balaban J connectivity index is 1.63. The molecule has 0 fully saturated rings. The molecule has 1 aromatic heterocycles. The lowest BCUT2D eigenvalue weighted by Crippen LogP contribution is -2.38. The summed E-state index contributed by atoms with van der Waals surface area (Å²) in [5, 5.41) is 2.07. The summed E-state index contributed by atoms with van der Waals surface area (Å²) < 4.78 is 5.57. The van der Waals surface area contributed by atoms with Crippen LogP contribution in [0.4, 0.5) is 0 Å². The molecule has 1 amide bonds. The van der Waals surface area contributed by atoms with Crippen LogP contribution < -0.4 is 4.74 Å². The highest BCUT2D eigenvalue weighted by Crippen LogP contribution is 2.24. The first-order valence-electron chi connectivity index (χ1n) is 7.21. The van der Waals surface area contributed by atoms with E-state index in [0.717, 1.165) is 13.0 Å². The summed E-state index contributed by atoms with van der Waals surface area (Å²) in [5.74, 6) is 0.357. The monoisotopic (exact) mass is 315 g/mol. The summed E-state index contributed by atoms with van der Waals surface area (Å²) in [6.07, 6.45) is 0.906. The minimum atomic E-state index is -0.0658. The van der Waals surface area contributed by atoms with Gasteiger partial charge in [-0.05, 0) is 42.5 Å². The zero-order chi connectivity index (χ0) is 15.5. The van der Waals surface area contributed by atoms with Gasteiger partial charge in [-0.3, -0.25) is 9.59 Å².